The van der Waals surface area contributed by atoms with E-state index in [1.165, 1.54) is 4.90 Å². The third-order valence-corrected chi connectivity index (χ3v) is 1.72. The van der Waals surface area contributed by atoms with Gasteiger partial charge in [0.15, 0.2) is 6.61 Å². The predicted octanol–water partition coefficient (Wildman–Crippen LogP) is 1.78. The van der Waals surface area contributed by atoms with Crippen molar-refractivity contribution in [2.45, 2.75) is 19.0 Å². The molecule has 1 aliphatic rings. The molecule has 3 nitrogen and oxygen atoms in total. The average Bonchev–Trinajstić information content (AvgIpc) is 2.50. The number of rotatable bonds is 1. The van der Waals surface area contributed by atoms with Crippen molar-refractivity contribution in [3.05, 3.63) is 0 Å². The van der Waals surface area contributed by atoms with Crippen molar-refractivity contribution < 1.29 is 22.7 Å². The summed E-state index contributed by atoms with van der Waals surface area (Å²) in [4.78, 5) is 12.2. The largest absolute Gasteiger partial charge is 0.440 e. The number of alkyl halides is 3. The van der Waals surface area contributed by atoms with E-state index in [-0.39, 0.29) is 0 Å². The normalized spacial score (nSPS) is 17.6. The molecule has 0 aliphatic carbocycles. The van der Waals surface area contributed by atoms with Gasteiger partial charge in [-0.15, -0.1) is 0 Å². The Hall–Kier alpha value is -0.940. The van der Waals surface area contributed by atoms with Crippen LogP contribution >= 0.6 is 0 Å². The van der Waals surface area contributed by atoms with Gasteiger partial charge in [-0.05, 0) is 12.8 Å². The summed E-state index contributed by atoms with van der Waals surface area (Å²) >= 11 is 0. The first kappa shape index (κ1) is 10.1. The molecule has 0 aromatic rings. The van der Waals surface area contributed by atoms with Gasteiger partial charge in [0, 0.05) is 13.1 Å². The van der Waals surface area contributed by atoms with Crippen molar-refractivity contribution in [3.8, 4) is 0 Å². The van der Waals surface area contributed by atoms with Crippen LogP contribution < -0.4 is 0 Å². The van der Waals surface area contributed by atoms with E-state index in [0.717, 1.165) is 12.8 Å². The van der Waals surface area contributed by atoms with Gasteiger partial charge >= 0.3 is 12.3 Å². The molecule has 0 N–H and O–H groups in total. The minimum absolute atomic E-state index is 0.497. The van der Waals surface area contributed by atoms with Gasteiger partial charge in [-0.2, -0.15) is 13.2 Å². The first-order valence-corrected chi connectivity index (χ1v) is 3.97. The zero-order valence-corrected chi connectivity index (χ0v) is 6.93. The number of amides is 1. The first-order chi connectivity index (χ1) is 5.99. The molecule has 0 aromatic heterocycles. The smallest absolute Gasteiger partial charge is 0.422 e. The maximum Gasteiger partial charge on any atom is 0.422 e. The molecule has 0 radical (unpaired) electrons. The highest BCUT2D eigenvalue weighted by molar-refractivity contribution is 5.67. The molecule has 0 bridgehead atoms. The van der Waals surface area contributed by atoms with Crippen molar-refractivity contribution in [2.24, 2.45) is 0 Å². The number of carbonyl (C=O) groups excluding carboxylic acids is 1. The summed E-state index contributed by atoms with van der Waals surface area (Å²) in [5.74, 6) is 0. The fourth-order valence-corrected chi connectivity index (χ4v) is 1.13. The van der Waals surface area contributed by atoms with Gasteiger partial charge in [-0.3, -0.25) is 0 Å². The molecule has 0 saturated carbocycles. The Morgan fingerprint density at radius 2 is 1.85 bits per heavy atom. The summed E-state index contributed by atoms with van der Waals surface area (Å²) in [6, 6.07) is 0. The fourth-order valence-electron chi connectivity index (χ4n) is 1.13. The summed E-state index contributed by atoms with van der Waals surface area (Å²) in [5, 5.41) is 0. The van der Waals surface area contributed by atoms with Crippen LogP contribution in [0.25, 0.3) is 0 Å². The molecule has 0 spiro atoms. The quantitative estimate of drug-likeness (QED) is 0.641. The summed E-state index contributed by atoms with van der Waals surface area (Å²) < 4.78 is 38.9. The van der Waals surface area contributed by atoms with E-state index in [1.807, 2.05) is 0 Å². The molecule has 1 amide bonds. The van der Waals surface area contributed by atoms with Crippen LogP contribution in [0.2, 0.25) is 0 Å². The Balaban J connectivity index is 2.25. The molecule has 1 fully saturated rings. The summed E-state index contributed by atoms with van der Waals surface area (Å²) in [6.07, 6.45) is -3.63. The van der Waals surface area contributed by atoms with E-state index in [0.29, 0.717) is 13.1 Å². The zero-order valence-electron chi connectivity index (χ0n) is 6.93. The topological polar surface area (TPSA) is 29.5 Å². The van der Waals surface area contributed by atoms with Gasteiger partial charge in [0.1, 0.15) is 0 Å². The van der Waals surface area contributed by atoms with Crippen LogP contribution in [-0.4, -0.2) is 36.9 Å². The van der Waals surface area contributed by atoms with E-state index in [4.69, 9.17) is 0 Å². The third kappa shape index (κ3) is 3.52. The Labute approximate surface area is 73.5 Å². The molecule has 13 heavy (non-hydrogen) atoms. The van der Waals surface area contributed by atoms with Crippen molar-refractivity contribution in [3.63, 3.8) is 0 Å². The summed E-state index contributed by atoms with van der Waals surface area (Å²) in [6.45, 7) is -0.504. The van der Waals surface area contributed by atoms with Crippen molar-refractivity contribution >= 4 is 6.09 Å². The van der Waals surface area contributed by atoms with Crippen molar-refractivity contribution in [1.82, 2.24) is 4.90 Å². The molecule has 1 aliphatic heterocycles. The van der Waals surface area contributed by atoms with Gasteiger partial charge < -0.3 is 9.64 Å². The second kappa shape index (κ2) is 3.85. The van der Waals surface area contributed by atoms with Crippen LogP contribution in [0, 0.1) is 0 Å². The van der Waals surface area contributed by atoms with E-state index in [2.05, 4.69) is 4.74 Å². The number of ether oxygens (including phenoxy) is 1. The molecule has 1 saturated heterocycles. The zero-order chi connectivity index (χ0) is 9.90. The number of hydrogen-bond acceptors (Lipinski definition) is 2. The Bertz CT molecular complexity index is 187. The van der Waals surface area contributed by atoms with E-state index >= 15 is 0 Å². The highest BCUT2D eigenvalue weighted by Crippen LogP contribution is 2.16. The standard InChI is InChI=1S/C7H10F3NO2/c8-7(9,10)5-13-6(12)11-3-1-2-4-11/h1-5H2. The van der Waals surface area contributed by atoms with Gasteiger partial charge in [0.25, 0.3) is 0 Å². The number of nitrogens with zero attached hydrogens (tertiary/aromatic N) is 1. The monoisotopic (exact) mass is 197 g/mol. The maximum absolute atomic E-state index is 11.6. The second-order valence-electron chi connectivity index (χ2n) is 2.86. The number of likely N-dealkylation sites (tertiary alicyclic amines) is 1. The highest BCUT2D eigenvalue weighted by Gasteiger charge is 2.31. The number of halogens is 3. The minimum atomic E-state index is -4.44. The Morgan fingerprint density at radius 1 is 1.31 bits per heavy atom. The van der Waals surface area contributed by atoms with Gasteiger partial charge in [-0.25, -0.2) is 4.79 Å². The Kier molecular flexibility index (Phi) is 3.00. The first-order valence-electron chi connectivity index (χ1n) is 3.97. The predicted molar refractivity (Wildman–Crippen MR) is 38.2 cm³/mol. The molecule has 1 heterocycles. The molecule has 76 valence electrons. The summed E-state index contributed by atoms with van der Waals surface area (Å²) in [7, 11) is 0. The molecule has 6 heteroatoms. The second-order valence-corrected chi connectivity index (χ2v) is 2.86. The van der Waals surface area contributed by atoms with Gasteiger partial charge in [0.2, 0.25) is 0 Å². The van der Waals surface area contributed by atoms with Crippen LogP contribution in [0.15, 0.2) is 0 Å². The van der Waals surface area contributed by atoms with Crippen molar-refractivity contribution in [1.29, 1.82) is 0 Å². The van der Waals surface area contributed by atoms with E-state index in [9.17, 15) is 18.0 Å². The lowest BCUT2D eigenvalue weighted by molar-refractivity contribution is -0.162. The summed E-state index contributed by atoms with van der Waals surface area (Å²) in [5.41, 5.74) is 0. The van der Waals surface area contributed by atoms with Crippen molar-refractivity contribution in [2.75, 3.05) is 19.7 Å². The van der Waals surface area contributed by atoms with Gasteiger partial charge in [0.05, 0.1) is 0 Å². The SMILES string of the molecule is O=C(OCC(F)(F)F)N1CCCC1. The van der Waals surface area contributed by atoms with Crippen LogP contribution in [0.5, 0.6) is 0 Å². The Morgan fingerprint density at radius 3 is 2.31 bits per heavy atom. The maximum atomic E-state index is 11.6. The highest BCUT2D eigenvalue weighted by atomic mass is 19.4. The van der Waals surface area contributed by atoms with E-state index < -0.39 is 18.9 Å². The van der Waals surface area contributed by atoms with Crippen LogP contribution in [0.4, 0.5) is 18.0 Å². The molecule has 1 rings (SSSR count). The minimum Gasteiger partial charge on any atom is -0.440 e. The van der Waals surface area contributed by atoms with Crippen LogP contribution in [-0.2, 0) is 4.74 Å². The molecular formula is C7H10F3NO2. The van der Waals surface area contributed by atoms with E-state index in [1.54, 1.807) is 0 Å². The molecule has 0 atom stereocenters. The fraction of sp³-hybridized carbons (Fsp3) is 0.857. The van der Waals surface area contributed by atoms with Gasteiger partial charge in [-0.1, -0.05) is 0 Å². The molecule has 0 aromatic carbocycles. The van der Waals surface area contributed by atoms with Crippen LogP contribution in [0.3, 0.4) is 0 Å². The lowest BCUT2D eigenvalue weighted by atomic mass is 10.4. The number of hydrogen-bond donors (Lipinski definition) is 0. The molecule has 0 unspecified atom stereocenters. The third-order valence-electron chi connectivity index (χ3n) is 1.72. The lowest BCUT2D eigenvalue weighted by Gasteiger charge is -2.15. The lowest BCUT2D eigenvalue weighted by Crippen LogP contribution is -2.31. The number of carbonyl (C=O) groups is 1. The van der Waals surface area contributed by atoms with Crippen LogP contribution in [0.1, 0.15) is 12.8 Å². The average molecular weight is 197 g/mol. The molecular weight excluding hydrogens is 187 g/mol.